The number of fused-ring (bicyclic) bond motifs is 1. The van der Waals surface area contributed by atoms with Gasteiger partial charge >= 0.3 is 0 Å². The SMILES string of the molecule is CC1OCCC1Sc1nc2ccccc2cc1CN. The van der Waals surface area contributed by atoms with E-state index in [2.05, 4.69) is 19.1 Å². The molecule has 2 aromatic rings. The van der Waals surface area contributed by atoms with Crippen LogP contribution in [-0.4, -0.2) is 22.9 Å². The first kappa shape index (κ1) is 12.9. The quantitative estimate of drug-likeness (QED) is 0.935. The summed E-state index contributed by atoms with van der Waals surface area (Å²) in [6, 6.07) is 10.3. The second kappa shape index (κ2) is 5.49. The lowest BCUT2D eigenvalue weighted by Gasteiger charge is -2.15. The molecule has 0 spiro atoms. The van der Waals surface area contributed by atoms with Gasteiger partial charge in [-0.05, 0) is 31.0 Å². The maximum Gasteiger partial charge on any atom is 0.102 e. The molecule has 0 bridgehead atoms. The summed E-state index contributed by atoms with van der Waals surface area (Å²) in [5, 5.41) is 2.70. The van der Waals surface area contributed by atoms with Crippen LogP contribution in [0.25, 0.3) is 10.9 Å². The van der Waals surface area contributed by atoms with Gasteiger partial charge in [0.05, 0.1) is 11.6 Å². The van der Waals surface area contributed by atoms with E-state index in [0.717, 1.165) is 34.5 Å². The fourth-order valence-electron chi connectivity index (χ4n) is 2.40. The molecule has 2 N–H and O–H groups in total. The molecule has 4 heteroatoms. The first-order chi connectivity index (χ1) is 9.28. The minimum absolute atomic E-state index is 0.295. The number of nitrogens with two attached hydrogens (primary N) is 1. The average Bonchev–Trinajstić information content (AvgIpc) is 2.83. The third-order valence-corrected chi connectivity index (χ3v) is 5.05. The third-order valence-electron chi connectivity index (χ3n) is 3.55. The van der Waals surface area contributed by atoms with E-state index in [1.54, 1.807) is 0 Å². The van der Waals surface area contributed by atoms with Crippen molar-refractivity contribution < 1.29 is 4.74 Å². The molecule has 3 nitrogen and oxygen atoms in total. The molecule has 2 heterocycles. The van der Waals surface area contributed by atoms with E-state index in [9.17, 15) is 0 Å². The number of benzene rings is 1. The van der Waals surface area contributed by atoms with E-state index >= 15 is 0 Å². The van der Waals surface area contributed by atoms with Crippen LogP contribution in [0.4, 0.5) is 0 Å². The molecule has 1 aromatic heterocycles. The Morgan fingerprint density at radius 3 is 3.00 bits per heavy atom. The van der Waals surface area contributed by atoms with Gasteiger partial charge < -0.3 is 10.5 Å². The Kier molecular flexibility index (Phi) is 3.73. The molecule has 0 radical (unpaired) electrons. The zero-order valence-electron chi connectivity index (χ0n) is 11.0. The van der Waals surface area contributed by atoms with Gasteiger partial charge in [0.1, 0.15) is 5.03 Å². The molecule has 1 fully saturated rings. The van der Waals surface area contributed by atoms with Gasteiger partial charge in [-0.1, -0.05) is 30.0 Å². The lowest BCUT2D eigenvalue weighted by atomic mass is 10.1. The number of nitrogens with zero attached hydrogens (tertiary/aromatic N) is 1. The summed E-state index contributed by atoms with van der Waals surface area (Å²) in [6.07, 6.45) is 1.38. The highest BCUT2D eigenvalue weighted by Gasteiger charge is 2.26. The molecular formula is C15H18N2OS. The Morgan fingerprint density at radius 1 is 1.42 bits per heavy atom. The lowest BCUT2D eigenvalue weighted by molar-refractivity contribution is 0.127. The summed E-state index contributed by atoms with van der Waals surface area (Å²) in [4.78, 5) is 4.77. The van der Waals surface area contributed by atoms with Gasteiger partial charge in [-0.25, -0.2) is 4.98 Å². The molecule has 1 saturated heterocycles. The molecule has 2 unspecified atom stereocenters. The zero-order valence-corrected chi connectivity index (χ0v) is 11.8. The number of pyridine rings is 1. The van der Waals surface area contributed by atoms with Crippen molar-refractivity contribution >= 4 is 22.7 Å². The molecule has 1 aromatic carbocycles. The van der Waals surface area contributed by atoms with Crippen LogP contribution in [0.5, 0.6) is 0 Å². The predicted molar refractivity (Wildman–Crippen MR) is 79.3 cm³/mol. The number of para-hydroxylation sites is 1. The Bertz CT molecular complexity index is 587. The van der Waals surface area contributed by atoms with E-state index in [0.29, 0.717) is 17.9 Å². The minimum Gasteiger partial charge on any atom is -0.377 e. The van der Waals surface area contributed by atoms with Crippen LogP contribution in [-0.2, 0) is 11.3 Å². The molecule has 3 rings (SSSR count). The molecule has 19 heavy (non-hydrogen) atoms. The monoisotopic (exact) mass is 274 g/mol. The van der Waals surface area contributed by atoms with E-state index in [1.807, 2.05) is 30.0 Å². The van der Waals surface area contributed by atoms with Crippen LogP contribution in [0.1, 0.15) is 18.9 Å². The highest BCUT2D eigenvalue weighted by Crippen LogP contribution is 2.34. The highest BCUT2D eigenvalue weighted by atomic mass is 32.2. The summed E-state index contributed by atoms with van der Waals surface area (Å²) in [6.45, 7) is 3.51. The minimum atomic E-state index is 0.295. The molecule has 1 aliphatic rings. The van der Waals surface area contributed by atoms with Crippen molar-refractivity contribution in [2.45, 2.75) is 36.3 Å². The first-order valence-corrected chi connectivity index (χ1v) is 7.53. The van der Waals surface area contributed by atoms with Crippen molar-refractivity contribution in [3.63, 3.8) is 0 Å². The molecule has 100 valence electrons. The number of ether oxygens (including phenoxy) is 1. The second-order valence-corrected chi connectivity index (χ2v) is 6.10. The van der Waals surface area contributed by atoms with Crippen LogP contribution in [0.15, 0.2) is 35.4 Å². The van der Waals surface area contributed by atoms with Crippen molar-refractivity contribution in [3.8, 4) is 0 Å². The Morgan fingerprint density at radius 2 is 2.26 bits per heavy atom. The van der Waals surface area contributed by atoms with E-state index in [-0.39, 0.29) is 0 Å². The zero-order chi connectivity index (χ0) is 13.2. The number of aromatic nitrogens is 1. The molecular weight excluding hydrogens is 256 g/mol. The van der Waals surface area contributed by atoms with Gasteiger partial charge in [0.25, 0.3) is 0 Å². The molecule has 1 aliphatic heterocycles. The number of thioether (sulfide) groups is 1. The average molecular weight is 274 g/mol. The van der Waals surface area contributed by atoms with Gasteiger partial charge in [0.15, 0.2) is 0 Å². The number of hydrogen-bond acceptors (Lipinski definition) is 4. The largest absolute Gasteiger partial charge is 0.377 e. The summed E-state index contributed by atoms with van der Waals surface area (Å²) in [5.41, 5.74) is 8.03. The smallest absolute Gasteiger partial charge is 0.102 e. The standard InChI is InChI=1S/C15H18N2OS/c1-10-14(6-7-18-10)19-15-12(9-16)8-11-4-2-3-5-13(11)17-15/h2-5,8,10,14H,6-7,9,16H2,1H3. The molecule has 0 saturated carbocycles. The van der Waals surface area contributed by atoms with E-state index in [4.69, 9.17) is 15.5 Å². The lowest BCUT2D eigenvalue weighted by Crippen LogP contribution is -2.14. The van der Waals surface area contributed by atoms with Crippen LogP contribution < -0.4 is 5.73 Å². The normalized spacial score (nSPS) is 23.1. The van der Waals surface area contributed by atoms with Gasteiger partial charge in [-0.15, -0.1) is 0 Å². The van der Waals surface area contributed by atoms with Crippen LogP contribution in [0, 0.1) is 0 Å². The van der Waals surface area contributed by atoms with Crippen molar-refractivity contribution in [2.75, 3.05) is 6.61 Å². The molecule has 0 amide bonds. The van der Waals surface area contributed by atoms with Crippen LogP contribution >= 0.6 is 11.8 Å². The van der Waals surface area contributed by atoms with Crippen molar-refractivity contribution in [2.24, 2.45) is 5.73 Å². The maximum absolute atomic E-state index is 5.87. The molecule has 2 atom stereocenters. The third kappa shape index (κ3) is 2.61. The summed E-state index contributed by atoms with van der Waals surface area (Å²) in [7, 11) is 0. The topological polar surface area (TPSA) is 48.1 Å². The predicted octanol–water partition coefficient (Wildman–Crippen LogP) is 2.96. The fraction of sp³-hybridized carbons (Fsp3) is 0.400. The Balaban J connectivity index is 1.96. The van der Waals surface area contributed by atoms with Crippen molar-refractivity contribution in [3.05, 3.63) is 35.9 Å². The Hall–Kier alpha value is -1.10. The van der Waals surface area contributed by atoms with Crippen molar-refractivity contribution in [1.29, 1.82) is 0 Å². The fourth-order valence-corrected chi connectivity index (χ4v) is 3.62. The summed E-state index contributed by atoms with van der Waals surface area (Å²) in [5.74, 6) is 0. The number of hydrogen-bond donors (Lipinski definition) is 1. The van der Waals surface area contributed by atoms with Gasteiger partial charge in [0.2, 0.25) is 0 Å². The second-order valence-electron chi connectivity index (χ2n) is 4.87. The van der Waals surface area contributed by atoms with Gasteiger partial charge in [-0.2, -0.15) is 0 Å². The van der Waals surface area contributed by atoms with Gasteiger partial charge in [-0.3, -0.25) is 0 Å². The highest BCUT2D eigenvalue weighted by molar-refractivity contribution is 8.00. The van der Waals surface area contributed by atoms with Crippen molar-refractivity contribution in [1.82, 2.24) is 4.98 Å². The van der Waals surface area contributed by atoms with E-state index < -0.39 is 0 Å². The van der Waals surface area contributed by atoms with Gasteiger partial charge in [0, 0.05) is 23.8 Å². The molecule has 0 aliphatic carbocycles. The number of rotatable bonds is 3. The Labute approximate surface area is 117 Å². The summed E-state index contributed by atoms with van der Waals surface area (Å²) >= 11 is 1.81. The van der Waals surface area contributed by atoms with Crippen LogP contribution in [0.2, 0.25) is 0 Å². The van der Waals surface area contributed by atoms with Crippen LogP contribution in [0.3, 0.4) is 0 Å². The summed E-state index contributed by atoms with van der Waals surface area (Å²) < 4.78 is 5.62. The maximum atomic E-state index is 5.87. The first-order valence-electron chi connectivity index (χ1n) is 6.65. The van der Waals surface area contributed by atoms with E-state index in [1.165, 1.54) is 0 Å².